The molecule has 146 valence electrons. The Hall–Kier alpha value is -2.74. The molecular weight excluding hydrogens is 379 g/mol. The molecule has 8 heteroatoms. The van der Waals surface area contributed by atoms with E-state index in [4.69, 9.17) is 0 Å². The summed E-state index contributed by atoms with van der Waals surface area (Å²) in [4.78, 5) is 26.5. The molecule has 3 aromatic rings. The van der Waals surface area contributed by atoms with E-state index in [1.807, 2.05) is 21.7 Å². The second kappa shape index (κ2) is 8.10. The smallest absolute Gasteiger partial charge is 0.342 e. The van der Waals surface area contributed by atoms with Gasteiger partial charge in [0.1, 0.15) is 11.6 Å². The zero-order valence-corrected chi connectivity index (χ0v) is 16.1. The van der Waals surface area contributed by atoms with Crippen molar-refractivity contribution >= 4 is 17.2 Å². The van der Waals surface area contributed by atoms with Gasteiger partial charge in [0.15, 0.2) is 0 Å². The van der Waals surface area contributed by atoms with Crippen LogP contribution in [0.2, 0.25) is 0 Å². The average molecular weight is 400 g/mol. The maximum absolute atomic E-state index is 14.1. The molecule has 0 atom stereocenters. The number of benzene rings is 1. The molecule has 1 fully saturated rings. The fraction of sp³-hybridized carbons (Fsp3) is 0.350. The normalized spacial score (nSPS) is 15.1. The summed E-state index contributed by atoms with van der Waals surface area (Å²) >= 11 is 1.60. The number of carbonyl (C=O) groups is 1. The summed E-state index contributed by atoms with van der Waals surface area (Å²) in [6, 6.07) is 8.16. The van der Waals surface area contributed by atoms with Crippen LogP contribution in [-0.4, -0.2) is 38.7 Å². The highest BCUT2D eigenvalue weighted by atomic mass is 32.1. The van der Waals surface area contributed by atoms with E-state index in [0.29, 0.717) is 37.7 Å². The molecule has 1 saturated heterocycles. The van der Waals surface area contributed by atoms with Crippen molar-refractivity contribution in [3.8, 4) is 5.69 Å². The van der Waals surface area contributed by atoms with Crippen molar-refractivity contribution in [2.45, 2.75) is 25.7 Å². The Labute approximate surface area is 165 Å². The molecule has 0 bridgehead atoms. The standard InChI is InChI=1S/C20H21FN4O2S/c21-16-3-1-2-4-17(16)25-18(22-23-20(25)27)11-14-5-8-24(9-6-14)19(26)12-15-7-10-28-13-15/h1-4,7,10,13-14H,5-6,8-9,11-12H2,(H,23,27). The van der Waals surface area contributed by atoms with E-state index < -0.39 is 11.5 Å². The first kappa shape index (κ1) is 18.6. The maximum atomic E-state index is 14.1. The summed E-state index contributed by atoms with van der Waals surface area (Å²) in [6.45, 7) is 1.39. The number of likely N-dealkylation sites (tertiary alicyclic amines) is 1. The van der Waals surface area contributed by atoms with Crippen molar-refractivity contribution in [2.24, 2.45) is 5.92 Å². The van der Waals surface area contributed by atoms with E-state index >= 15 is 0 Å². The summed E-state index contributed by atoms with van der Waals surface area (Å²) < 4.78 is 15.5. The fourth-order valence-electron chi connectivity index (χ4n) is 3.67. The van der Waals surface area contributed by atoms with Crippen LogP contribution in [0, 0.1) is 11.7 Å². The van der Waals surface area contributed by atoms with E-state index in [0.717, 1.165) is 18.4 Å². The number of H-pyrrole nitrogens is 1. The minimum Gasteiger partial charge on any atom is -0.342 e. The molecule has 0 saturated carbocycles. The van der Waals surface area contributed by atoms with Crippen LogP contribution < -0.4 is 5.69 Å². The van der Waals surface area contributed by atoms with Gasteiger partial charge in [-0.1, -0.05) is 12.1 Å². The largest absolute Gasteiger partial charge is 0.348 e. The summed E-state index contributed by atoms with van der Waals surface area (Å²) in [5.41, 5.74) is 0.825. The zero-order valence-electron chi connectivity index (χ0n) is 15.3. The zero-order chi connectivity index (χ0) is 19.5. The number of thiophene rings is 1. The van der Waals surface area contributed by atoms with E-state index in [-0.39, 0.29) is 11.6 Å². The third kappa shape index (κ3) is 3.91. The van der Waals surface area contributed by atoms with Crippen LogP contribution in [0.3, 0.4) is 0 Å². The molecule has 1 N–H and O–H groups in total. The minimum absolute atomic E-state index is 0.153. The quantitative estimate of drug-likeness (QED) is 0.716. The van der Waals surface area contributed by atoms with Gasteiger partial charge in [-0.15, -0.1) is 0 Å². The summed E-state index contributed by atoms with van der Waals surface area (Å²) in [5, 5.41) is 10.5. The van der Waals surface area contributed by atoms with Gasteiger partial charge in [0, 0.05) is 19.5 Å². The molecule has 0 aliphatic carbocycles. The van der Waals surface area contributed by atoms with Crippen molar-refractivity contribution < 1.29 is 9.18 Å². The molecule has 0 unspecified atom stereocenters. The lowest BCUT2D eigenvalue weighted by Gasteiger charge is -2.32. The van der Waals surface area contributed by atoms with Crippen LogP contribution in [0.25, 0.3) is 5.69 Å². The monoisotopic (exact) mass is 400 g/mol. The Morgan fingerprint density at radius 1 is 1.25 bits per heavy atom. The first-order valence-electron chi connectivity index (χ1n) is 9.32. The average Bonchev–Trinajstić information content (AvgIpc) is 3.33. The minimum atomic E-state index is -0.457. The second-order valence-electron chi connectivity index (χ2n) is 7.07. The van der Waals surface area contributed by atoms with Gasteiger partial charge in [0.2, 0.25) is 5.91 Å². The van der Waals surface area contributed by atoms with Crippen LogP contribution in [0.1, 0.15) is 24.2 Å². The van der Waals surface area contributed by atoms with Crippen molar-refractivity contribution in [1.82, 2.24) is 19.7 Å². The lowest BCUT2D eigenvalue weighted by atomic mass is 9.93. The SMILES string of the molecule is O=C(Cc1ccsc1)N1CCC(Cc2n[nH]c(=O)n2-c2ccccc2F)CC1. The van der Waals surface area contributed by atoms with Gasteiger partial charge in [-0.25, -0.2) is 18.9 Å². The van der Waals surface area contributed by atoms with Crippen LogP contribution in [-0.2, 0) is 17.6 Å². The number of aromatic nitrogens is 3. The lowest BCUT2D eigenvalue weighted by molar-refractivity contribution is -0.131. The van der Waals surface area contributed by atoms with Crippen molar-refractivity contribution in [1.29, 1.82) is 0 Å². The number of nitrogens with one attached hydrogen (secondary N) is 1. The van der Waals surface area contributed by atoms with E-state index in [1.54, 1.807) is 29.5 Å². The number of aromatic amines is 1. The summed E-state index contributed by atoms with van der Waals surface area (Å²) in [6.07, 6.45) is 2.70. The topological polar surface area (TPSA) is 71.0 Å². The molecule has 1 aliphatic heterocycles. The van der Waals surface area contributed by atoms with Crippen LogP contribution in [0.4, 0.5) is 4.39 Å². The number of amides is 1. The third-order valence-corrected chi connectivity index (χ3v) is 5.94. The number of nitrogens with zero attached hydrogens (tertiary/aromatic N) is 3. The van der Waals surface area contributed by atoms with Crippen molar-refractivity contribution in [3.63, 3.8) is 0 Å². The van der Waals surface area contributed by atoms with E-state index in [9.17, 15) is 14.0 Å². The molecule has 3 heterocycles. The molecule has 1 amide bonds. The molecule has 1 aliphatic rings. The second-order valence-corrected chi connectivity index (χ2v) is 7.85. The molecule has 0 radical (unpaired) electrons. The Morgan fingerprint density at radius 2 is 2.04 bits per heavy atom. The van der Waals surface area contributed by atoms with Gasteiger partial charge in [0.05, 0.1) is 12.1 Å². The van der Waals surface area contributed by atoms with Gasteiger partial charge < -0.3 is 4.90 Å². The molecule has 1 aromatic carbocycles. The predicted molar refractivity (Wildman–Crippen MR) is 105 cm³/mol. The van der Waals surface area contributed by atoms with Gasteiger partial charge in [-0.2, -0.15) is 16.4 Å². The number of hydrogen-bond donors (Lipinski definition) is 1. The van der Waals surface area contributed by atoms with Gasteiger partial charge >= 0.3 is 5.69 Å². The van der Waals surface area contributed by atoms with Crippen LogP contribution >= 0.6 is 11.3 Å². The third-order valence-electron chi connectivity index (χ3n) is 5.21. The van der Waals surface area contributed by atoms with Gasteiger partial charge in [0.25, 0.3) is 0 Å². The molecule has 28 heavy (non-hydrogen) atoms. The molecule has 0 spiro atoms. The maximum Gasteiger partial charge on any atom is 0.348 e. The van der Waals surface area contributed by atoms with E-state index in [2.05, 4.69) is 10.2 Å². The number of para-hydroxylation sites is 1. The Kier molecular flexibility index (Phi) is 5.38. The summed E-state index contributed by atoms with van der Waals surface area (Å²) in [7, 11) is 0. The van der Waals surface area contributed by atoms with Crippen molar-refractivity contribution in [2.75, 3.05) is 13.1 Å². The highest BCUT2D eigenvalue weighted by Gasteiger charge is 2.25. The van der Waals surface area contributed by atoms with E-state index in [1.165, 1.54) is 10.6 Å². The number of rotatable bonds is 5. The number of hydrogen-bond acceptors (Lipinski definition) is 4. The summed E-state index contributed by atoms with van der Waals surface area (Å²) in [5.74, 6) is 0.519. The molecule has 6 nitrogen and oxygen atoms in total. The molecule has 2 aromatic heterocycles. The van der Waals surface area contributed by atoms with Gasteiger partial charge in [-0.05, 0) is 53.3 Å². The highest BCUT2D eigenvalue weighted by molar-refractivity contribution is 7.08. The Balaban J connectivity index is 1.40. The Bertz CT molecular complexity index is 1000. The van der Waals surface area contributed by atoms with Crippen molar-refractivity contribution in [3.05, 3.63) is 68.8 Å². The first-order chi connectivity index (χ1) is 13.6. The predicted octanol–water partition coefficient (Wildman–Crippen LogP) is 2.79. The van der Waals surface area contributed by atoms with Crippen LogP contribution in [0.15, 0.2) is 45.9 Å². The van der Waals surface area contributed by atoms with Crippen LogP contribution in [0.5, 0.6) is 0 Å². The fourth-order valence-corrected chi connectivity index (χ4v) is 4.34. The highest BCUT2D eigenvalue weighted by Crippen LogP contribution is 2.23. The molecular formula is C20H21FN4O2S. The van der Waals surface area contributed by atoms with Gasteiger partial charge in [-0.3, -0.25) is 4.79 Å². The molecule has 4 rings (SSSR count). The first-order valence-corrected chi connectivity index (χ1v) is 10.3. The number of piperidine rings is 1. The number of halogens is 1. The Morgan fingerprint density at radius 3 is 2.75 bits per heavy atom. The lowest BCUT2D eigenvalue weighted by Crippen LogP contribution is -2.39. The number of carbonyl (C=O) groups excluding carboxylic acids is 1.